The molecule has 1 saturated heterocycles. The molecule has 3 aromatic rings. The van der Waals surface area contributed by atoms with Crippen LogP contribution >= 0.6 is 0 Å². The summed E-state index contributed by atoms with van der Waals surface area (Å²) >= 11 is 0. The fourth-order valence-corrected chi connectivity index (χ4v) is 3.40. The molecule has 1 aliphatic heterocycles. The number of aromatic nitrogens is 2. The van der Waals surface area contributed by atoms with Gasteiger partial charge in [-0.2, -0.15) is 13.2 Å². The van der Waals surface area contributed by atoms with Gasteiger partial charge in [0.25, 0.3) is 0 Å². The van der Waals surface area contributed by atoms with Crippen LogP contribution in [0.25, 0.3) is 22.4 Å². The minimum Gasteiger partial charge on any atom is -0.478 e. The minimum atomic E-state index is -4.57. The zero-order valence-corrected chi connectivity index (χ0v) is 14.6. The Morgan fingerprint density at radius 1 is 1.07 bits per heavy atom. The number of benzene rings is 2. The van der Waals surface area contributed by atoms with Crippen LogP contribution in [0.5, 0.6) is 0 Å². The topological polar surface area (TPSA) is 67.6 Å². The van der Waals surface area contributed by atoms with E-state index in [1.165, 1.54) is 24.3 Å². The van der Waals surface area contributed by atoms with E-state index in [0.29, 0.717) is 31.8 Å². The van der Waals surface area contributed by atoms with Crippen LogP contribution in [0.15, 0.2) is 42.5 Å². The molecule has 1 aliphatic rings. The maximum atomic E-state index is 13.6. The highest BCUT2D eigenvalue weighted by atomic mass is 19.4. The Kier molecular flexibility index (Phi) is 4.46. The molecular formula is C19H16F3N3O3. The van der Waals surface area contributed by atoms with Crippen LogP contribution in [0.4, 0.5) is 13.2 Å². The lowest BCUT2D eigenvalue weighted by atomic mass is 10.1. The maximum absolute atomic E-state index is 13.6. The standard InChI is InChI=1S/C19H16F3N3O3/c20-19(21,22)14-6-2-1-4-12(14)17-23-16-13(18(26)27)5-3-7-15(16)25(17)24-8-10-28-11-9-24/h1-7H,8-11H2,(H,26,27). The van der Waals surface area contributed by atoms with Gasteiger partial charge in [0.2, 0.25) is 0 Å². The van der Waals surface area contributed by atoms with E-state index in [4.69, 9.17) is 4.74 Å². The predicted octanol–water partition coefficient (Wildman–Crippen LogP) is 3.39. The number of carboxylic acid groups (broad SMARTS) is 1. The van der Waals surface area contributed by atoms with Crippen molar-refractivity contribution in [1.29, 1.82) is 0 Å². The minimum absolute atomic E-state index is 0.0542. The number of morpholine rings is 1. The van der Waals surface area contributed by atoms with Gasteiger partial charge in [-0.25, -0.2) is 14.5 Å². The molecule has 0 unspecified atom stereocenters. The Morgan fingerprint density at radius 3 is 2.46 bits per heavy atom. The summed E-state index contributed by atoms with van der Waals surface area (Å²) in [6.07, 6.45) is -4.57. The largest absolute Gasteiger partial charge is 0.478 e. The van der Waals surface area contributed by atoms with Crippen LogP contribution in [0.2, 0.25) is 0 Å². The predicted molar refractivity (Wildman–Crippen MR) is 95.9 cm³/mol. The van der Waals surface area contributed by atoms with E-state index in [2.05, 4.69) is 4.98 Å². The summed E-state index contributed by atoms with van der Waals surface area (Å²) in [5, 5.41) is 11.3. The van der Waals surface area contributed by atoms with Crippen molar-refractivity contribution >= 4 is 17.0 Å². The number of hydrogen-bond acceptors (Lipinski definition) is 4. The number of halogens is 3. The first kappa shape index (κ1) is 18.3. The van der Waals surface area contributed by atoms with Crippen LogP contribution in [-0.2, 0) is 10.9 Å². The van der Waals surface area contributed by atoms with Crippen molar-refractivity contribution in [3.8, 4) is 11.4 Å². The third kappa shape index (κ3) is 3.07. The Balaban J connectivity index is 2.03. The number of nitrogens with zero attached hydrogens (tertiary/aromatic N) is 3. The molecule has 0 bridgehead atoms. The molecule has 1 N–H and O–H groups in total. The van der Waals surface area contributed by atoms with Crippen LogP contribution in [0, 0.1) is 0 Å². The Bertz CT molecular complexity index is 1040. The molecule has 2 heterocycles. The van der Waals surface area contributed by atoms with E-state index in [0.717, 1.165) is 6.07 Å². The average Bonchev–Trinajstić information content (AvgIpc) is 3.07. The molecule has 28 heavy (non-hydrogen) atoms. The van der Waals surface area contributed by atoms with Gasteiger partial charge in [0, 0.05) is 5.56 Å². The van der Waals surface area contributed by atoms with E-state index in [1.807, 2.05) is 5.01 Å². The molecular weight excluding hydrogens is 375 g/mol. The molecule has 2 aromatic carbocycles. The highest BCUT2D eigenvalue weighted by molar-refractivity contribution is 6.02. The highest BCUT2D eigenvalue weighted by Crippen LogP contribution is 2.38. The van der Waals surface area contributed by atoms with Gasteiger partial charge in [0.1, 0.15) is 5.52 Å². The summed E-state index contributed by atoms with van der Waals surface area (Å²) in [6, 6.07) is 9.77. The lowest BCUT2D eigenvalue weighted by Gasteiger charge is -2.31. The Labute approximate surface area is 157 Å². The van der Waals surface area contributed by atoms with Crippen molar-refractivity contribution in [3.05, 3.63) is 53.6 Å². The second-order valence-corrected chi connectivity index (χ2v) is 6.34. The third-order valence-corrected chi connectivity index (χ3v) is 4.64. The fourth-order valence-electron chi connectivity index (χ4n) is 3.40. The SMILES string of the molecule is O=C(O)c1cccc2c1nc(-c1ccccc1C(F)(F)F)n2N1CCOCC1. The van der Waals surface area contributed by atoms with Crippen LogP contribution < -0.4 is 5.01 Å². The van der Waals surface area contributed by atoms with Gasteiger partial charge in [0.15, 0.2) is 5.82 Å². The molecule has 0 radical (unpaired) electrons. The number of carbonyl (C=O) groups is 1. The van der Waals surface area contributed by atoms with Gasteiger partial charge in [0.05, 0.1) is 42.9 Å². The first-order chi connectivity index (χ1) is 13.4. The molecule has 4 rings (SSSR count). The maximum Gasteiger partial charge on any atom is 0.417 e. The lowest BCUT2D eigenvalue weighted by Crippen LogP contribution is -2.44. The number of para-hydroxylation sites is 1. The second-order valence-electron chi connectivity index (χ2n) is 6.34. The number of imidazole rings is 1. The van der Waals surface area contributed by atoms with Gasteiger partial charge in [-0.05, 0) is 18.2 Å². The van der Waals surface area contributed by atoms with Crippen molar-refractivity contribution in [2.45, 2.75) is 6.18 Å². The molecule has 1 fully saturated rings. The van der Waals surface area contributed by atoms with Gasteiger partial charge in [-0.15, -0.1) is 0 Å². The summed E-state index contributed by atoms with van der Waals surface area (Å²) in [5.41, 5.74) is -0.400. The van der Waals surface area contributed by atoms with Gasteiger partial charge >= 0.3 is 12.1 Å². The lowest BCUT2D eigenvalue weighted by molar-refractivity contribution is -0.137. The van der Waals surface area contributed by atoms with Crippen molar-refractivity contribution in [3.63, 3.8) is 0 Å². The Morgan fingerprint density at radius 2 is 1.79 bits per heavy atom. The van der Waals surface area contributed by atoms with Gasteiger partial charge in [-0.1, -0.05) is 24.3 Å². The molecule has 0 spiro atoms. The van der Waals surface area contributed by atoms with E-state index in [9.17, 15) is 23.1 Å². The van der Waals surface area contributed by atoms with Gasteiger partial charge < -0.3 is 14.9 Å². The number of fused-ring (bicyclic) bond motifs is 1. The molecule has 6 nitrogen and oxygen atoms in total. The summed E-state index contributed by atoms with van der Waals surface area (Å²) in [6.45, 7) is 1.73. The zero-order chi connectivity index (χ0) is 19.9. The van der Waals surface area contributed by atoms with Crippen molar-refractivity contribution in [2.24, 2.45) is 0 Å². The number of rotatable bonds is 3. The zero-order valence-electron chi connectivity index (χ0n) is 14.6. The van der Waals surface area contributed by atoms with Gasteiger partial charge in [-0.3, -0.25) is 0 Å². The number of ether oxygens (including phenoxy) is 1. The second kappa shape index (κ2) is 6.83. The number of aromatic carboxylic acids is 1. The third-order valence-electron chi connectivity index (χ3n) is 4.64. The number of carboxylic acids is 1. The average molecular weight is 391 g/mol. The summed E-state index contributed by atoms with van der Waals surface area (Å²) in [7, 11) is 0. The van der Waals surface area contributed by atoms with Crippen LogP contribution in [0.1, 0.15) is 15.9 Å². The smallest absolute Gasteiger partial charge is 0.417 e. The number of hydrogen-bond donors (Lipinski definition) is 1. The molecule has 9 heteroatoms. The summed E-state index contributed by atoms with van der Waals surface area (Å²) < 4.78 is 47.7. The van der Waals surface area contributed by atoms with E-state index in [-0.39, 0.29) is 22.5 Å². The van der Waals surface area contributed by atoms with Crippen molar-refractivity contribution in [2.75, 3.05) is 31.3 Å². The van der Waals surface area contributed by atoms with E-state index < -0.39 is 17.7 Å². The fraction of sp³-hybridized carbons (Fsp3) is 0.263. The van der Waals surface area contributed by atoms with Crippen LogP contribution in [0.3, 0.4) is 0 Å². The normalized spacial score (nSPS) is 15.2. The molecule has 0 aliphatic carbocycles. The van der Waals surface area contributed by atoms with Crippen LogP contribution in [-0.4, -0.2) is 47.0 Å². The monoisotopic (exact) mass is 391 g/mol. The number of alkyl halides is 3. The van der Waals surface area contributed by atoms with E-state index in [1.54, 1.807) is 16.8 Å². The summed E-state index contributed by atoms with van der Waals surface area (Å²) in [4.78, 5) is 16.0. The molecule has 0 amide bonds. The first-order valence-corrected chi connectivity index (χ1v) is 8.62. The Hall–Kier alpha value is -3.07. The first-order valence-electron chi connectivity index (χ1n) is 8.62. The highest BCUT2D eigenvalue weighted by Gasteiger charge is 2.35. The molecule has 146 valence electrons. The van der Waals surface area contributed by atoms with Crippen molar-refractivity contribution < 1.29 is 27.8 Å². The molecule has 0 saturated carbocycles. The van der Waals surface area contributed by atoms with Crippen molar-refractivity contribution in [1.82, 2.24) is 9.66 Å². The quantitative estimate of drug-likeness (QED) is 0.741. The summed E-state index contributed by atoms with van der Waals surface area (Å²) in [5.74, 6) is -1.13. The van der Waals surface area contributed by atoms with E-state index >= 15 is 0 Å². The molecule has 1 aromatic heterocycles. The molecule has 0 atom stereocenters.